The highest BCUT2D eigenvalue weighted by Gasteiger charge is 2.18. The van der Waals surface area contributed by atoms with Crippen molar-refractivity contribution in [1.29, 1.82) is 0 Å². The van der Waals surface area contributed by atoms with Gasteiger partial charge in [-0.05, 0) is 48.5 Å². The molecule has 1 N–H and O–H groups in total. The molecule has 3 heterocycles. The van der Waals surface area contributed by atoms with Crippen LogP contribution in [-0.2, 0) is 0 Å². The monoisotopic (exact) mass is 380 g/mol. The lowest BCUT2D eigenvalue weighted by atomic mass is 10.2. The van der Waals surface area contributed by atoms with Crippen molar-refractivity contribution in [3.63, 3.8) is 0 Å². The first kappa shape index (κ1) is 16.5. The molecule has 26 heavy (non-hydrogen) atoms. The molecule has 0 fully saturated rings. The first-order chi connectivity index (χ1) is 12.7. The number of carbonyl (C=O) groups excluding carboxylic acids is 1. The molecule has 5 nitrogen and oxygen atoms in total. The minimum absolute atomic E-state index is 0.190. The van der Waals surface area contributed by atoms with Gasteiger partial charge in [-0.3, -0.25) is 9.78 Å². The lowest BCUT2D eigenvalue weighted by Gasteiger charge is -2.06. The Morgan fingerprint density at radius 3 is 2.54 bits per heavy atom. The van der Waals surface area contributed by atoms with Crippen LogP contribution < -0.4 is 5.32 Å². The summed E-state index contributed by atoms with van der Waals surface area (Å²) in [7, 11) is 0. The fourth-order valence-electron chi connectivity index (χ4n) is 2.47. The molecule has 0 radical (unpaired) electrons. The summed E-state index contributed by atoms with van der Waals surface area (Å²) < 4.78 is 1.99. The molecule has 1 amide bonds. The van der Waals surface area contributed by atoms with Crippen LogP contribution in [-0.4, -0.2) is 20.4 Å². The Bertz CT molecular complexity index is 1030. The fourth-order valence-corrected chi connectivity index (χ4v) is 3.64. The van der Waals surface area contributed by atoms with E-state index in [1.807, 2.05) is 65.5 Å². The summed E-state index contributed by atoms with van der Waals surface area (Å²) in [6, 6.07) is 15.2. The predicted octanol–water partition coefficient (Wildman–Crippen LogP) is 4.90. The van der Waals surface area contributed by atoms with Crippen LogP contribution in [0.15, 0.2) is 73.3 Å². The molecular formula is C19H13ClN4OS. The zero-order valence-corrected chi connectivity index (χ0v) is 15.0. The summed E-state index contributed by atoms with van der Waals surface area (Å²) in [6.45, 7) is 0. The van der Waals surface area contributed by atoms with Crippen molar-refractivity contribution in [3.8, 4) is 16.3 Å². The molecule has 0 saturated carbocycles. The van der Waals surface area contributed by atoms with Gasteiger partial charge in [0.1, 0.15) is 9.88 Å². The molecule has 0 aliphatic carbocycles. The van der Waals surface area contributed by atoms with Crippen molar-refractivity contribution >= 4 is 34.5 Å². The van der Waals surface area contributed by atoms with Gasteiger partial charge in [-0.15, -0.1) is 11.3 Å². The first-order valence-electron chi connectivity index (χ1n) is 7.82. The molecule has 0 aliphatic heterocycles. The Morgan fingerprint density at radius 2 is 1.85 bits per heavy atom. The van der Waals surface area contributed by atoms with Crippen LogP contribution in [0.5, 0.6) is 0 Å². The number of nitrogens with one attached hydrogen (secondary N) is 1. The maximum Gasteiger partial charge on any atom is 0.268 e. The van der Waals surface area contributed by atoms with Gasteiger partial charge in [-0.1, -0.05) is 11.6 Å². The van der Waals surface area contributed by atoms with Gasteiger partial charge >= 0.3 is 0 Å². The van der Waals surface area contributed by atoms with Crippen LogP contribution >= 0.6 is 22.9 Å². The van der Waals surface area contributed by atoms with Gasteiger partial charge in [-0.2, -0.15) is 0 Å². The van der Waals surface area contributed by atoms with Crippen molar-refractivity contribution < 1.29 is 4.79 Å². The number of anilines is 1. The second-order valence-electron chi connectivity index (χ2n) is 5.47. The number of hydrogen-bond acceptors (Lipinski definition) is 4. The number of benzene rings is 1. The molecule has 4 rings (SSSR count). The summed E-state index contributed by atoms with van der Waals surface area (Å²) in [5, 5.41) is 3.71. The minimum Gasteiger partial charge on any atom is -0.324 e. The second kappa shape index (κ2) is 7.11. The lowest BCUT2D eigenvalue weighted by Crippen LogP contribution is -2.10. The van der Waals surface area contributed by atoms with Crippen LogP contribution in [0.25, 0.3) is 16.3 Å². The number of carbonyl (C=O) groups is 1. The Balaban J connectivity index is 1.52. The topological polar surface area (TPSA) is 59.8 Å². The summed E-state index contributed by atoms with van der Waals surface area (Å²) >= 11 is 7.41. The van der Waals surface area contributed by atoms with Crippen molar-refractivity contribution in [2.75, 3.05) is 5.32 Å². The van der Waals surface area contributed by atoms with E-state index in [9.17, 15) is 4.79 Å². The Labute approximate surface area is 158 Å². The van der Waals surface area contributed by atoms with Crippen molar-refractivity contribution in [2.45, 2.75) is 0 Å². The van der Waals surface area contributed by atoms with Gasteiger partial charge in [-0.25, -0.2) is 4.98 Å². The fraction of sp³-hybridized carbons (Fsp3) is 0. The predicted molar refractivity (Wildman–Crippen MR) is 104 cm³/mol. The Kier molecular flexibility index (Phi) is 4.51. The van der Waals surface area contributed by atoms with Crippen molar-refractivity contribution in [1.82, 2.24) is 14.5 Å². The zero-order chi connectivity index (χ0) is 17.9. The van der Waals surface area contributed by atoms with E-state index in [4.69, 9.17) is 11.6 Å². The van der Waals surface area contributed by atoms with Gasteiger partial charge in [0.25, 0.3) is 5.91 Å². The van der Waals surface area contributed by atoms with E-state index in [0.717, 1.165) is 11.3 Å². The van der Waals surface area contributed by atoms with Gasteiger partial charge in [0, 0.05) is 41.7 Å². The Hall–Kier alpha value is -2.96. The molecular weight excluding hydrogens is 368 g/mol. The summed E-state index contributed by atoms with van der Waals surface area (Å²) in [5.74, 6) is -0.281. The quantitative estimate of drug-likeness (QED) is 0.547. The number of aromatic nitrogens is 3. The maximum absolute atomic E-state index is 12.5. The summed E-state index contributed by atoms with van der Waals surface area (Å²) in [5.41, 5.74) is 2.54. The normalized spacial score (nSPS) is 10.7. The van der Waals surface area contributed by atoms with E-state index >= 15 is 0 Å². The first-order valence-corrected chi connectivity index (χ1v) is 9.01. The van der Waals surface area contributed by atoms with Gasteiger partial charge in [0.05, 0.1) is 0 Å². The molecule has 0 unspecified atom stereocenters. The van der Waals surface area contributed by atoms with Crippen molar-refractivity contribution in [3.05, 3.63) is 83.3 Å². The molecule has 0 atom stereocenters. The largest absolute Gasteiger partial charge is 0.324 e. The maximum atomic E-state index is 12.5. The summed E-state index contributed by atoms with van der Waals surface area (Å²) in [6.07, 6.45) is 7.30. The molecule has 0 saturated heterocycles. The molecule has 4 aromatic rings. The third kappa shape index (κ3) is 3.37. The smallest absolute Gasteiger partial charge is 0.268 e. The van der Waals surface area contributed by atoms with E-state index < -0.39 is 0 Å². The summed E-state index contributed by atoms with van der Waals surface area (Å²) in [4.78, 5) is 21.3. The van der Waals surface area contributed by atoms with E-state index in [0.29, 0.717) is 15.6 Å². The van der Waals surface area contributed by atoms with Crippen LogP contribution in [0.2, 0.25) is 5.15 Å². The SMILES string of the molecule is O=C(Nc1ccc(-n2cccc2)cc1)c1sc(-c2cccnc2)nc1Cl. The van der Waals surface area contributed by atoms with E-state index in [1.54, 1.807) is 12.4 Å². The van der Waals surface area contributed by atoms with Crippen LogP contribution in [0.1, 0.15) is 9.67 Å². The molecule has 0 aliphatic rings. The number of hydrogen-bond donors (Lipinski definition) is 1. The average Bonchev–Trinajstić information content (AvgIpc) is 3.33. The third-order valence-electron chi connectivity index (χ3n) is 3.73. The van der Waals surface area contributed by atoms with E-state index in [1.165, 1.54) is 11.3 Å². The van der Waals surface area contributed by atoms with Gasteiger partial charge < -0.3 is 9.88 Å². The minimum atomic E-state index is -0.281. The van der Waals surface area contributed by atoms with E-state index in [-0.39, 0.29) is 11.1 Å². The molecule has 128 valence electrons. The number of nitrogens with zero attached hydrogens (tertiary/aromatic N) is 3. The molecule has 7 heteroatoms. The number of amides is 1. The number of thiazole rings is 1. The number of pyridine rings is 1. The number of rotatable bonds is 4. The van der Waals surface area contributed by atoms with Gasteiger partial charge in [0.2, 0.25) is 0 Å². The van der Waals surface area contributed by atoms with Crippen LogP contribution in [0.3, 0.4) is 0 Å². The highest BCUT2D eigenvalue weighted by Crippen LogP contribution is 2.31. The highest BCUT2D eigenvalue weighted by atomic mass is 35.5. The molecule has 0 spiro atoms. The van der Waals surface area contributed by atoms with Gasteiger partial charge in [0.15, 0.2) is 5.15 Å². The van der Waals surface area contributed by atoms with E-state index in [2.05, 4.69) is 15.3 Å². The lowest BCUT2D eigenvalue weighted by molar-refractivity contribution is 0.103. The highest BCUT2D eigenvalue weighted by molar-refractivity contribution is 7.17. The third-order valence-corrected chi connectivity index (χ3v) is 5.22. The molecule has 0 bridgehead atoms. The Morgan fingerprint density at radius 1 is 1.08 bits per heavy atom. The zero-order valence-electron chi connectivity index (χ0n) is 13.5. The second-order valence-corrected chi connectivity index (χ2v) is 6.83. The molecule has 3 aromatic heterocycles. The average molecular weight is 381 g/mol. The van der Waals surface area contributed by atoms with Crippen LogP contribution in [0, 0.1) is 0 Å². The standard InChI is InChI=1S/C19H13ClN4OS/c20-17-16(26-19(23-17)13-4-3-9-21-12-13)18(25)22-14-5-7-15(8-6-14)24-10-1-2-11-24/h1-12H,(H,22,25). The number of halogens is 1. The van der Waals surface area contributed by atoms with Crippen LogP contribution in [0.4, 0.5) is 5.69 Å². The molecule has 1 aromatic carbocycles. The van der Waals surface area contributed by atoms with Crippen molar-refractivity contribution in [2.24, 2.45) is 0 Å².